The molecule has 0 aliphatic carbocycles. The molecule has 0 rings (SSSR count). The number of hydrogen-bond donors (Lipinski definition) is 0. The Hall–Kier alpha value is -3.15. The first-order valence-corrected chi connectivity index (χ1v) is 25.4. The van der Waals surface area contributed by atoms with Gasteiger partial charge in [0.15, 0.2) is 6.10 Å². The Morgan fingerprint density at radius 1 is 0.344 bits per heavy atom. The summed E-state index contributed by atoms with van der Waals surface area (Å²) in [5, 5.41) is 0. The molecule has 0 fully saturated rings. The van der Waals surface area contributed by atoms with Crippen molar-refractivity contribution < 1.29 is 28.6 Å². The molecule has 0 aliphatic heterocycles. The lowest BCUT2D eigenvalue weighted by molar-refractivity contribution is -0.167. The van der Waals surface area contributed by atoms with Gasteiger partial charge in [-0.3, -0.25) is 14.4 Å². The van der Waals surface area contributed by atoms with Crippen LogP contribution in [0.5, 0.6) is 0 Å². The molecule has 6 heteroatoms. The Balaban J connectivity index is 4.42. The van der Waals surface area contributed by atoms with Crippen LogP contribution in [0.4, 0.5) is 0 Å². The highest BCUT2D eigenvalue weighted by atomic mass is 16.6. The van der Waals surface area contributed by atoms with Crippen LogP contribution in [0.3, 0.4) is 0 Å². The summed E-state index contributed by atoms with van der Waals surface area (Å²) in [6.07, 6.45) is 61.6. The minimum absolute atomic E-state index is 0.0891. The molecule has 61 heavy (non-hydrogen) atoms. The van der Waals surface area contributed by atoms with E-state index >= 15 is 0 Å². The van der Waals surface area contributed by atoms with Crippen molar-refractivity contribution in [1.29, 1.82) is 0 Å². The van der Waals surface area contributed by atoms with E-state index in [4.69, 9.17) is 14.2 Å². The second-order valence-corrected chi connectivity index (χ2v) is 16.7. The zero-order chi connectivity index (χ0) is 44.4. The third-order valence-corrected chi connectivity index (χ3v) is 10.7. The Morgan fingerprint density at radius 3 is 1.07 bits per heavy atom. The Labute approximate surface area is 376 Å². The third kappa shape index (κ3) is 47.7. The van der Waals surface area contributed by atoms with Gasteiger partial charge in [0.2, 0.25) is 0 Å². The van der Waals surface area contributed by atoms with Gasteiger partial charge in [0.25, 0.3) is 0 Å². The van der Waals surface area contributed by atoms with Gasteiger partial charge >= 0.3 is 17.9 Å². The van der Waals surface area contributed by atoms with E-state index in [1.807, 2.05) is 0 Å². The number of hydrogen-bond acceptors (Lipinski definition) is 6. The molecule has 0 spiro atoms. The van der Waals surface area contributed by atoms with E-state index < -0.39 is 6.10 Å². The molecule has 350 valence electrons. The van der Waals surface area contributed by atoms with Crippen LogP contribution in [-0.4, -0.2) is 37.2 Å². The van der Waals surface area contributed by atoms with Gasteiger partial charge in [0, 0.05) is 19.3 Å². The normalized spacial score (nSPS) is 12.6. The van der Waals surface area contributed by atoms with Crippen molar-refractivity contribution >= 4 is 17.9 Å². The quantitative estimate of drug-likeness (QED) is 0.0263. The predicted molar refractivity (Wildman–Crippen MR) is 261 cm³/mol. The van der Waals surface area contributed by atoms with Crippen LogP contribution in [0.25, 0.3) is 0 Å². The molecule has 0 aromatic carbocycles. The molecular weight excluding hydrogens is 757 g/mol. The maximum absolute atomic E-state index is 12.8. The average molecular weight is 851 g/mol. The van der Waals surface area contributed by atoms with Crippen LogP contribution >= 0.6 is 0 Å². The van der Waals surface area contributed by atoms with E-state index in [0.29, 0.717) is 19.3 Å². The molecule has 0 saturated heterocycles. The molecule has 0 bridgehead atoms. The second kappa shape index (κ2) is 49.5. The van der Waals surface area contributed by atoms with Crippen molar-refractivity contribution in [2.45, 2.75) is 245 Å². The van der Waals surface area contributed by atoms with Crippen LogP contribution in [-0.2, 0) is 28.6 Å². The van der Waals surface area contributed by atoms with Gasteiger partial charge in [-0.15, -0.1) is 0 Å². The van der Waals surface area contributed by atoms with Crippen molar-refractivity contribution in [3.63, 3.8) is 0 Å². The molecule has 6 nitrogen and oxygen atoms in total. The van der Waals surface area contributed by atoms with E-state index in [9.17, 15) is 14.4 Å². The molecule has 0 saturated carbocycles. The van der Waals surface area contributed by atoms with Crippen molar-refractivity contribution in [3.05, 3.63) is 72.9 Å². The van der Waals surface area contributed by atoms with Gasteiger partial charge in [-0.1, -0.05) is 190 Å². The lowest BCUT2D eigenvalue weighted by Gasteiger charge is -2.18. The first kappa shape index (κ1) is 57.9. The summed E-state index contributed by atoms with van der Waals surface area (Å²) in [5.74, 6) is -0.923. The number of carbonyl (C=O) groups is 3. The number of carbonyl (C=O) groups excluding carboxylic acids is 3. The summed E-state index contributed by atoms with van der Waals surface area (Å²) in [6.45, 7) is 6.43. The molecule has 0 aromatic heterocycles. The Bertz CT molecular complexity index is 1160. The van der Waals surface area contributed by atoms with Gasteiger partial charge < -0.3 is 14.2 Å². The van der Waals surface area contributed by atoms with Crippen molar-refractivity contribution in [3.8, 4) is 0 Å². The van der Waals surface area contributed by atoms with E-state index in [0.717, 1.165) is 116 Å². The summed E-state index contributed by atoms with van der Waals surface area (Å²) in [7, 11) is 0. The number of esters is 3. The summed E-state index contributed by atoms with van der Waals surface area (Å²) in [5.41, 5.74) is 0. The summed E-state index contributed by atoms with van der Waals surface area (Å²) in [4.78, 5) is 37.9. The van der Waals surface area contributed by atoms with Crippen LogP contribution < -0.4 is 0 Å². The number of allylic oxidation sites excluding steroid dienone is 12. The summed E-state index contributed by atoms with van der Waals surface area (Å²) in [6, 6.07) is 0. The van der Waals surface area contributed by atoms with Gasteiger partial charge in [0.05, 0.1) is 0 Å². The fourth-order valence-electron chi connectivity index (χ4n) is 6.82. The lowest BCUT2D eigenvalue weighted by atomic mass is 10.1. The lowest BCUT2D eigenvalue weighted by Crippen LogP contribution is -2.30. The van der Waals surface area contributed by atoms with Crippen LogP contribution in [0, 0.1) is 0 Å². The Morgan fingerprint density at radius 2 is 0.656 bits per heavy atom. The van der Waals surface area contributed by atoms with E-state index in [1.165, 1.54) is 83.5 Å². The average Bonchev–Trinajstić information content (AvgIpc) is 3.26. The number of ether oxygens (including phenoxy) is 3. The number of rotatable bonds is 45. The van der Waals surface area contributed by atoms with Gasteiger partial charge in [-0.05, 0) is 103 Å². The molecule has 0 unspecified atom stereocenters. The fraction of sp³-hybridized carbons (Fsp3) is 0.727. The van der Waals surface area contributed by atoms with Crippen molar-refractivity contribution in [2.75, 3.05) is 13.2 Å². The van der Waals surface area contributed by atoms with Crippen LogP contribution in [0.15, 0.2) is 72.9 Å². The molecule has 0 N–H and O–H groups in total. The van der Waals surface area contributed by atoms with Crippen molar-refractivity contribution in [1.82, 2.24) is 0 Å². The smallest absolute Gasteiger partial charge is 0.306 e. The molecule has 0 aliphatic rings. The van der Waals surface area contributed by atoms with Gasteiger partial charge in [-0.2, -0.15) is 0 Å². The van der Waals surface area contributed by atoms with E-state index in [1.54, 1.807) is 0 Å². The zero-order valence-electron chi connectivity index (χ0n) is 39.9. The predicted octanol–water partition coefficient (Wildman–Crippen LogP) is 16.6. The second-order valence-electron chi connectivity index (χ2n) is 16.7. The largest absolute Gasteiger partial charge is 0.462 e. The minimum Gasteiger partial charge on any atom is -0.462 e. The maximum Gasteiger partial charge on any atom is 0.306 e. The number of unbranched alkanes of at least 4 members (excludes halogenated alkanes) is 22. The standard InChI is InChI=1S/C55H94O6/c1-4-7-10-13-16-19-22-24-26-27-29-31-34-37-40-43-46-49-55(58)61-52(50-59-53(56)47-44-41-38-35-32-21-18-15-12-9-6-3)51-60-54(57)48-45-42-39-36-33-30-28-25-23-20-17-14-11-8-5-2/h8,11,15-20,24-26,28,52H,4-7,9-10,12-14,21-23,27,29-51H2,1-3H3/b11-8-,18-15-,19-16-,20-17-,26-24-,28-25-/t52-/m0/s1. The summed E-state index contributed by atoms with van der Waals surface area (Å²) < 4.78 is 16.8. The van der Waals surface area contributed by atoms with E-state index in [-0.39, 0.29) is 31.1 Å². The zero-order valence-corrected chi connectivity index (χ0v) is 39.9. The molecule has 0 aromatic rings. The highest BCUT2D eigenvalue weighted by Gasteiger charge is 2.19. The Kier molecular flexibility index (Phi) is 46.9. The maximum atomic E-state index is 12.8. The SMILES string of the molecule is CC/C=C\C/C=C\C/C=C\CCCCCCCC(=O)OC[C@H](COC(=O)CCCCCCC/C=C\CCCC)OC(=O)CCCCCCCCC/C=C\C/C=C\CCCCC. The van der Waals surface area contributed by atoms with Crippen molar-refractivity contribution in [2.24, 2.45) is 0 Å². The molecule has 1 atom stereocenters. The summed E-state index contributed by atoms with van der Waals surface area (Å²) >= 11 is 0. The van der Waals surface area contributed by atoms with Gasteiger partial charge in [0.1, 0.15) is 13.2 Å². The molecule has 0 amide bonds. The fourth-order valence-corrected chi connectivity index (χ4v) is 6.82. The van der Waals surface area contributed by atoms with Crippen LogP contribution in [0.2, 0.25) is 0 Å². The van der Waals surface area contributed by atoms with Gasteiger partial charge in [-0.25, -0.2) is 0 Å². The molecule has 0 radical (unpaired) electrons. The van der Waals surface area contributed by atoms with Crippen LogP contribution in [0.1, 0.15) is 239 Å². The minimum atomic E-state index is -0.789. The van der Waals surface area contributed by atoms with E-state index in [2.05, 4.69) is 93.7 Å². The highest BCUT2D eigenvalue weighted by Crippen LogP contribution is 2.14. The monoisotopic (exact) mass is 851 g/mol. The molecular formula is C55H94O6. The third-order valence-electron chi connectivity index (χ3n) is 10.7. The highest BCUT2D eigenvalue weighted by molar-refractivity contribution is 5.71. The topological polar surface area (TPSA) is 78.9 Å². The molecule has 0 heterocycles. The first-order valence-electron chi connectivity index (χ1n) is 25.4. The first-order chi connectivity index (χ1) is 30.0.